The van der Waals surface area contributed by atoms with Gasteiger partial charge in [0.25, 0.3) is 0 Å². The zero-order valence-electron chi connectivity index (χ0n) is 24.0. The Bertz CT molecular complexity index is 2090. The van der Waals surface area contributed by atoms with Gasteiger partial charge < -0.3 is 14.6 Å². The molecule has 1 aromatic heterocycles. The molecule has 1 aliphatic carbocycles. The molecule has 3 atom stereocenters. The van der Waals surface area contributed by atoms with Crippen LogP contribution in [0.1, 0.15) is 46.9 Å². The second-order valence-electron chi connectivity index (χ2n) is 11.6. The number of aliphatic imine (C=N–C) groups is 1. The van der Waals surface area contributed by atoms with Gasteiger partial charge in [-0.2, -0.15) is 0 Å². The van der Waals surface area contributed by atoms with Crippen LogP contribution in [0, 0.1) is 0 Å². The fraction of sp³-hybridized carbons (Fsp3) is 0.103. The Kier molecular flexibility index (Phi) is 5.78. The van der Waals surface area contributed by atoms with E-state index < -0.39 is 0 Å². The number of nitrogens with zero attached hydrogens (tertiary/aromatic N) is 2. The third-order valence-electron chi connectivity index (χ3n) is 9.03. The first kappa shape index (κ1) is 25.1. The molecule has 5 nitrogen and oxygen atoms in total. The summed E-state index contributed by atoms with van der Waals surface area (Å²) in [6.07, 6.45) is 5.13. The van der Waals surface area contributed by atoms with E-state index in [2.05, 4.69) is 143 Å². The van der Waals surface area contributed by atoms with Gasteiger partial charge in [-0.3, -0.25) is 5.32 Å². The van der Waals surface area contributed by atoms with Gasteiger partial charge in [0.2, 0.25) is 0 Å². The Morgan fingerprint density at radius 3 is 2.14 bits per heavy atom. The lowest BCUT2D eigenvalue weighted by Gasteiger charge is -2.32. The molecule has 9 rings (SSSR count). The maximum atomic E-state index is 6.71. The van der Waals surface area contributed by atoms with E-state index in [1.807, 2.05) is 12.1 Å². The average Bonchev–Trinajstić information content (AvgIpc) is 3.64. The first-order chi connectivity index (χ1) is 21.8. The molecule has 0 saturated carbocycles. The second-order valence-corrected chi connectivity index (χ2v) is 11.6. The largest absolute Gasteiger partial charge is 0.459 e. The maximum absolute atomic E-state index is 6.71. The number of allylic oxidation sites excluding steroid dienone is 4. The molecule has 0 bridgehead atoms. The number of ether oxygens (including phenoxy) is 1. The Labute approximate surface area is 255 Å². The molecule has 0 saturated heterocycles. The van der Waals surface area contributed by atoms with Crippen molar-refractivity contribution in [1.82, 2.24) is 15.2 Å². The fourth-order valence-corrected chi connectivity index (χ4v) is 6.95. The summed E-state index contributed by atoms with van der Waals surface area (Å²) in [6, 6.07) is 44.7. The van der Waals surface area contributed by atoms with Crippen molar-refractivity contribution in [3.8, 4) is 5.75 Å². The molecule has 3 aliphatic rings. The lowest BCUT2D eigenvalue weighted by Crippen LogP contribution is -2.44. The fourth-order valence-electron chi connectivity index (χ4n) is 6.95. The lowest BCUT2D eigenvalue weighted by atomic mass is 9.89. The molecule has 0 fully saturated rings. The summed E-state index contributed by atoms with van der Waals surface area (Å²) in [5, 5.41) is 9.88. The van der Waals surface area contributed by atoms with Crippen molar-refractivity contribution in [2.24, 2.45) is 4.99 Å². The highest BCUT2D eigenvalue weighted by atomic mass is 16.5. The van der Waals surface area contributed by atoms with Crippen LogP contribution in [0.25, 0.3) is 27.5 Å². The van der Waals surface area contributed by atoms with E-state index in [4.69, 9.17) is 9.73 Å². The maximum Gasteiger partial charge on any atom is 0.136 e. The highest BCUT2D eigenvalue weighted by Gasteiger charge is 2.35. The molecule has 212 valence electrons. The monoisotopic (exact) mass is 570 g/mol. The van der Waals surface area contributed by atoms with Gasteiger partial charge in [0.05, 0.1) is 22.6 Å². The number of benzene rings is 5. The quantitative estimate of drug-likeness (QED) is 0.224. The van der Waals surface area contributed by atoms with E-state index in [9.17, 15) is 0 Å². The molecular weight excluding hydrogens is 540 g/mol. The van der Waals surface area contributed by atoms with Crippen LogP contribution in [0.3, 0.4) is 0 Å². The summed E-state index contributed by atoms with van der Waals surface area (Å²) in [6.45, 7) is 0. The van der Waals surface area contributed by atoms with E-state index in [0.29, 0.717) is 0 Å². The highest BCUT2D eigenvalue weighted by Crippen LogP contribution is 2.49. The first-order valence-electron chi connectivity index (χ1n) is 15.2. The predicted octanol–water partition coefficient (Wildman–Crippen LogP) is 8.44. The van der Waals surface area contributed by atoms with E-state index in [0.717, 1.165) is 40.6 Å². The topological polar surface area (TPSA) is 50.6 Å². The summed E-state index contributed by atoms with van der Waals surface area (Å²) in [5.74, 6) is 2.97. The van der Waals surface area contributed by atoms with Crippen molar-refractivity contribution in [3.63, 3.8) is 0 Å². The minimum atomic E-state index is -0.217. The molecule has 6 aromatic rings. The van der Waals surface area contributed by atoms with Gasteiger partial charge in [-0.1, -0.05) is 109 Å². The van der Waals surface area contributed by atoms with Crippen LogP contribution in [0.4, 0.5) is 0 Å². The van der Waals surface area contributed by atoms with Crippen molar-refractivity contribution >= 4 is 33.3 Å². The molecule has 0 radical (unpaired) electrons. The summed E-state index contributed by atoms with van der Waals surface area (Å²) in [5.41, 5.74) is 8.06. The normalized spacial score (nSPS) is 20.6. The first-order valence-corrected chi connectivity index (χ1v) is 15.2. The summed E-state index contributed by atoms with van der Waals surface area (Å²) >= 11 is 0. The van der Waals surface area contributed by atoms with Gasteiger partial charge in [0, 0.05) is 21.9 Å². The SMILES string of the molecule is C1=CC(n2c3ccccc3c3ccccc32)=C2Oc3ccc(C4N=C(c5ccccc5)NC(c5ccccc5)N4)cc3C2C1. The minimum absolute atomic E-state index is 0.0756. The number of nitrogens with one attached hydrogen (secondary N) is 2. The van der Waals surface area contributed by atoms with Crippen molar-refractivity contribution in [3.05, 3.63) is 168 Å². The Morgan fingerprint density at radius 2 is 1.39 bits per heavy atom. The van der Waals surface area contributed by atoms with Crippen LogP contribution < -0.4 is 15.4 Å². The third kappa shape index (κ3) is 4.01. The molecule has 2 aliphatic heterocycles. The molecule has 0 amide bonds. The van der Waals surface area contributed by atoms with Gasteiger partial charge >= 0.3 is 0 Å². The van der Waals surface area contributed by atoms with Crippen LogP contribution >= 0.6 is 0 Å². The Morgan fingerprint density at radius 1 is 0.705 bits per heavy atom. The lowest BCUT2D eigenvalue weighted by molar-refractivity contribution is 0.408. The molecule has 0 spiro atoms. The van der Waals surface area contributed by atoms with Crippen molar-refractivity contribution in [2.75, 3.05) is 0 Å². The smallest absolute Gasteiger partial charge is 0.136 e. The Balaban J connectivity index is 1.13. The zero-order valence-corrected chi connectivity index (χ0v) is 24.0. The molecular formula is C39H30N4O. The van der Waals surface area contributed by atoms with Gasteiger partial charge in [-0.25, -0.2) is 4.99 Å². The van der Waals surface area contributed by atoms with Gasteiger partial charge in [0.1, 0.15) is 29.7 Å². The number of aromatic nitrogens is 1. The number of hydrogen-bond donors (Lipinski definition) is 2. The van der Waals surface area contributed by atoms with Gasteiger partial charge in [0.15, 0.2) is 0 Å². The highest BCUT2D eigenvalue weighted by molar-refractivity contribution is 6.10. The zero-order chi connectivity index (χ0) is 29.0. The molecule has 3 unspecified atom stereocenters. The molecule has 3 heterocycles. The summed E-state index contributed by atoms with van der Waals surface area (Å²) < 4.78 is 9.07. The number of fused-ring (bicyclic) bond motifs is 6. The van der Waals surface area contributed by atoms with Crippen molar-refractivity contribution < 1.29 is 4.74 Å². The van der Waals surface area contributed by atoms with E-state index >= 15 is 0 Å². The Hall–Kier alpha value is -5.39. The molecule has 44 heavy (non-hydrogen) atoms. The molecule has 5 aromatic carbocycles. The third-order valence-corrected chi connectivity index (χ3v) is 9.03. The number of amidine groups is 1. The molecule has 5 heteroatoms. The van der Waals surface area contributed by atoms with Gasteiger partial charge in [-0.15, -0.1) is 0 Å². The van der Waals surface area contributed by atoms with Crippen LogP contribution in [-0.2, 0) is 0 Å². The van der Waals surface area contributed by atoms with E-state index in [-0.39, 0.29) is 18.2 Å². The van der Waals surface area contributed by atoms with Gasteiger partial charge in [-0.05, 0) is 47.9 Å². The number of para-hydroxylation sites is 2. The van der Waals surface area contributed by atoms with Crippen LogP contribution in [0.5, 0.6) is 5.75 Å². The van der Waals surface area contributed by atoms with Crippen LogP contribution in [-0.4, -0.2) is 10.4 Å². The standard InChI is InChI=1S/C39H30N4O/c1-3-12-25(13-4-1)37-40-38(26-14-5-2-6-15-26)42-39(41-37)27-22-23-35-31(24-27)30-18-11-21-34(36(30)44-35)43-32-19-9-7-16-28(32)29-17-8-10-20-33(29)43/h1-17,19-24,30,37,39,41H,18H2,(H,40,42). The van der Waals surface area contributed by atoms with Crippen LogP contribution in [0.15, 0.2) is 150 Å². The molecule has 2 N–H and O–H groups in total. The summed E-state index contributed by atoms with van der Waals surface area (Å²) in [7, 11) is 0. The number of rotatable bonds is 4. The number of hydrogen-bond acceptors (Lipinski definition) is 4. The second kappa shape index (κ2) is 10.1. The van der Waals surface area contributed by atoms with E-state index in [1.54, 1.807) is 0 Å². The minimum Gasteiger partial charge on any atom is -0.459 e. The summed E-state index contributed by atoms with van der Waals surface area (Å²) in [4.78, 5) is 5.17. The predicted molar refractivity (Wildman–Crippen MR) is 177 cm³/mol. The van der Waals surface area contributed by atoms with Crippen molar-refractivity contribution in [2.45, 2.75) is 24.7 Å². The van der Waals surface area contributed by atoms with Crippen LogP contribution in [0.2, 0.25) is 0 Å². The van der Waals surface area contributed by atoms with E-state index in [1.165, 1.54) is 32.9 Å². The average molecular weight is 571 g/mol. The van der Waals surface area contributed by atoms with Crippen molar-refractivity contribution in [1.29, 1.82) is 0 Å².